The van der Waals surface area contributed by atoms with Crippen LogP contribution < -0.4 is 4.72 Å². The molecule has 0 atom stereocenters. The molecule has 2 rings (SSSR count). The lowest BCUT2D eigenvalue weighted by molar-refractivity contribution is 0.438. The summed E-state index contributed by atoms with van der Waals surface area (Å²) in [6.07, 6.45) is 6.80. The third kappa shape index (κ3) is 2.71. The number of hydrogen-bond donors (Lipinski definition) is 1. The van der Waals surface area contributed by atoms with Gasteiger partial charge in [-0.1, -0.05) is 28.8 Å². The lowest BCUT2D eigenvalue weighted by Gasteiger charge is -2.27. The normalized spacial score (nSPS) is 19.6. The van der Waals surface area contributed by atoms with Crippen LogP contribution in [0.3, 0.4) is 0 Å². The average molecular weight is 322 g/mol. The predicted molar refractivity (Wildman–Crippen MR) is 68.5 cm³/mol. The van der Waals surface area contributed by atoms with E-state index in [1.165, 1.54) is 17.1 Å². The molecular formula is C10H16BrN3O2S. The monoisotopic (exact) mass is 321 g/mol. The molecule has 1 N–H and O–H groups in total. The Hall–Kier alpha value is -0.400. The molecule has 0 unspecified atom stereocenters. The van der Waals surface area contributed by atoms with E-state index >= 15 is 0 Å². The van der Waals surface area contributed by atoms with Gasteiger partial charge in [-0.2, -0.15) is 5.10 Å². The van der Waals surface area contributed by atoms with Crippen LogP contribution in [0.25, 0.3) is 0 Å². The number of aryl methyl sites for hydroxylation is 1. The van der Waals surface area contributed by atoms with Crippen LogP contribution in [-0.4, -0.2) is 29.1 Å². The van der Waals surface area contributed by atoms with Crippen LogP contribution >= 0.6 is 15.9 Å². The van der Waals surface area contributed by atoms with Crippen molar-refractivity contribution in [2.75, 3.05) is 5.33 Å². The smallest absolute Gasteiger partial charge is 0.244 e. The van der Waals surface area contributed by atoms with Crippen molar-refractivity contribution >= 4 is 26.0 Å². The quantitative estimate of drug-likeness (QED) is 0.853. The number of halogens is 1. The van der Waals surface area contributed by atoms with Crippen LogP contribution in [0, 0.1) is 0 Å². The minimum absolute atomic E-state index is 0.229. The summed E-state index contributed by atoms with van der Waals surface area (Å²) in [5.41, 5.74) is -0.325. The summed E-state index contributed by atoms with van der Waals surface area (Å²) in [5.74, 6) is 0. The fraction of sp³-hybridized carbons (Fsp3) is 0.700. The molecule has 0 aliphatic heterocycles. The first kappa shape index (κ1) is 13.0. The molecule has 7 heteroatoms. The molecule has 1 aromatic rings. The van der Waals surface area contributed by atoms with Gasteiger partial charge in [-0.15, -0.1) is 0 Å². The molecule has 0 saturated heterocycles. The van der Waals surface area contributed by atoms with Crippen molar-refractivity contribution < 1.29 is 8.42 Å². The maximum absolute atomic E-state index is 12.2. The molecule has 96 valence electrons. The fourth-order valence-electron chi connectivity index (χ4n) is 2.20. The Morgan fingerprint density at radius 2 is 2.18 bits per heavy atom. The number of alkyl halides is 1. The van der Waals surface area contributed by atoms with E-state index in [0.717, 1.165) is 25.7 Å². The first-order valence-electron chi connectivity index (χ1n) is 5.56. The van der Waals surface area contributed by atoms with Gasteiger partial charge in [-0.25, -0.2) is 13.1 Å². The number of hydrogen-bond acceptors (Lipinski definition) is 3. The van der Waals surface area contributed by atoms with E-state index in [-0.39, 0.29) is 10.4 Å². The van der Waals surface area contributed by atoms with Crippen molar-refractivity contribution in [2.24, 2.45) is 7.05 Å². The van der Waals surface area contributed by atoms with Gasteiger partial charge >= 0.3 is 0 Å². The number of sulfonamides is 1. The van der Waals surface area contributed by atoms with E-state index in [4.69, 9.17) is 0 Å². The highest BCUT2D eigenvalue weighted by Crippen LogP contribution is 2.32. The van der Waals surface area contributed by atoms with Gasteiger partial charge in [0.25, 0.3) is 0 Å². The van der Waals surface area contributed by atoms with Crippen molar-refractivity contribution in [2.45, 2.75) is 36.1 Å². The molecule has 0 radical (unpaired) electrons. The van der Waals surface area contributed by atoms with Gasteiger partial charge in [0.2, 0.25) is 10.0 Å². The molecule has 1 aromatic heterocycles. The van der Waals surface area contributed by atoms with Crippen LogP contribution in [0.5, 0.6) is 0 Å². The van der Waals surface area contributed by atoms with Gasteiger partial charge in [0.1, 0.15) is 4.90 Å². The molecule has 0 spiro atoms. The van der Waals surface area contributed by atoms with Crippen LogP contribution in [-0.2, 0) is 17.1 Å². The van der Waals surface area contributed by atoms with E-state index in [1.54, 1.807) is 7.05 Å². The summed E-state index contributed by atoms with van der Waals surface area (Å²) in [7, 11) is -1.75. The third-order valence-corrected chi connectivity index (χ3v) is 5.77. The summed E-state index contributed by atoms with van der Waals surface area (Å²) in [5, 5.41) is 4.54. The molecule has 0 aromatic carbocycles. The van der Waals surface area contributed by atoms with E-state index in [9.17, 15) is 8.42 Å². The predicted octanol–water partition coefficient (Wildman–Crippen LogP) is 1.41. The SMILES string of the molecule is Cn1cc(S(=O)(=O)NC2(CBr)CCCC2)cn1. The van der Waals surface area contributed by atoms with Crippen LogP contribution in [0.2, 0.25) is 0 Å². The van der Waals surface area contributed by atoms with Crippen molar-refractivity contribution in [1.82, 2.24) is 14.5 Å². The molecule has 1 heterocycles. The number of nitrogens with zero attached hydrogens (tertiary/aromatic N) is 2. The number of aromatic nitrogens is 2. The Bertz CT molecular complexity index is 491. The molecule has 1 aliphatic carbocycles. The summed E-state index contributed by atoms with van der Waals surface area (Å²) < 4.78 is 28.7. The molecule has 1 saturated carbocycles. The summed E-state index contributed by atoms with van der Waals surface area (Å²) in [6, 6.07) is 0. The topological polar surface area (TPSA) is 64.0 Å². The van der Waals surface area contributed by atoms with E-state index in [0.29, 0.717) is 5.33 Å². The standard InChI is InChI=1S/C10H16BrN3O2S/c1-14-7-9(6-12-14)17(15,16)13-10(8-11)4-2-3-5-10/h6-7,13H,2-5,8H2,1H3. The number of nitrogens with one attached hydrogen (secondary N) is 1. The largest absolute Gasteiger partial charge is 0.274 e. The van der Waals surface area contributed by atoms with Crippen molar-refractivity contribution in [1.29, 1.82) is 0 Å². The Morgan fingerprint density at radius 1 is 1.53 bits per heavy atom. The zero-order chi connectivity index (χ0) is 12.5. The van der Waals surface area contributed by atoms with Crippen LogP contribution in [0.1, 0.15) is 25.7 Å². The van der Waals surface area contributed by atoms with Crippen LogP contribution in [0.15, 0.2) is 17.3 Å². The minimum Gasteiger partial charge on any atom is -0.274 e. The molecule has 1 fully saturated rings. The third-order valence-electron chi connectivity index (χ3n) is 3.16. The van der Waals surface area contributed by atoms with E-state index < -0.39 is 10.0 Å². The van der Waals surface area contributed by atoms with Gasteiger partial charge in [0.05, 0.1) is 6.20 Å². The zero-order valence-electron chi connectivity index (χ0n) is 9.69. The molecular weight excluding hydrogens is 306 g/mol. The molecule has 1 aliphatic rings. The summed E-state index contributed by atoms with van der Waals surface area (Å²) >= 11 is 3.42. The highest BCUT2D eigenvalue weighted by atomic mass is 79.9. The first-order valence-corrected chi connectivity index (χ1v) is 8.17. The lowest BCUT2D eigenvalue weighted by atomic mass is 10.0. The highest BCUT2D eigenvalue weighted by molar-refractivity contribution is 9.09. The van der Waals surface area contributed by atoms with Gasteiger partial charge in [-0.3, -0.25) is 4.68 Å². The Balaban J connectivity index is 2.22. The minimum atomic E-state index is -3.46. The highest BCUT2D eigenvalue weighted by Gasteiger charge is 2.37. The van der Waals surface area contributed by atoms with Crippen molar-refractivity contribution in [3.05, 3.63) is 12.4 Å². The molecule has 17 heavy (non-hydrogen) atoms. The van der Waals surface area contributed by atoms with Gasteiger partial charge in [0.15, 0.2) is 0 Å². The zero-order valence-corrected chi connectivity index (χ0v) is 12.1. The molecule has 0 amide bonds. The maximum atomic E-state index is 12.2. The Labute approximate surface area is 110 Å². The second kappa shape index (κ2) is 4.70. The van der Waals surface area contributed by atoms with E-state index in [2.05, 4.69) is 25.8 Å². The van der Waals surface area contributed by atoms with Gasteiger partial charge in [0, 0.05) is 24.1 Å². The lowest BCUT2D eigenvalue weighted by Crippen LogP contribution is -2.47. The summed E-state index contributed by atoms with van der Waals surface area (Å²) in [4.78, 5) is 0.229. The maximum Gasteiger partial charge on any atom is 0.244 e. The van der Waals surface area contributed by atoms with Crippen molar-refractivity contribution in [3.63, 3.8) is 0 Å². The van der Waals surface area contributed by atoms with Crippen LogP contribution in [0.4, 0.5) is 0 Å². The Morgan fingerprint density at radius 3 is 2.65 bits per heavy atom. The average Bonchev–Trinajstić information content (AvgIpc) is 2.87. The second-order valence-electron chi connectivity index (χ2n) is 4.58. The van der Waals surface area contributed by atoms with Gasteiger partial charge in [-0.05, 0) is 12.8 Å². The van der Waals surface area contributed by atoms with E-state index in [1.807, 2.05) is 0 Å². The molecule has 0 bridgehead atoms. The van der Waals surface area contributed by atoms with Gasteiger partial charge < -0.3 is 0 Å². The second-order valence-corrected chi connectivity index (χ2v) is 6.82. The van der Waals surface area contributed by atoms with Crippen molar-refractivity contribution in [3.8, 4) is 0 Å². The summed E-state index contributed by atoms with van der Waals surface area (Å²) in [6.45, 7) is 0. The Kier molecular flexibility index (Phi) is 3.61. The molecule has 5 nitrogen and oxygen atoms in total. The fourth-order valence-corrected chi connectivity index (χ4v) is 4.52. The number of rotatable bonds is 4. The first-order chi connectivity index (χ1) is 7.97.